The molecule has 0 fully saturated rings. The second-order valence-electron chi connectivity index (χ2n) is 10.7. The molecule has 192 valence electrons. The molecule has 0 saturated carbocycles. The monoisotopic (exact) mass is 475 g/mol. The number of aryl methyl sites for hydroxylation is 2. The van der Waals surface area contributed by atoms with Crippen LogP contribution >= 0.6 is 0 Å². The lowest BCUT2D eigenvalue weighted by atomic mass is 9.91. The number of amides is 3. The van der Waals surface area contributed by atoms with Crippen LogP contribution in [0.5, 0.6) is 0 Å². The first-order valence-electron chi connectivity index (χ1n) is 12.3. The molecular formula is C27H45N3O4. The highest BCUT2D eigenvalue weighted by atomic mass is 16.6. The molecule has 2 unspecified atom stereocenters. The van der Waals surface area contributed by atoms with E-state index in [2.05, 4.69) is 17.6 Å². The van der Waals surface area contributed by atoms with E-state index in [0.29, 0.717) is 13.0 Å². The van der Waals surface area contributed by atoms with Crippen LogP contribution in [0, 0.1) is 13.8 Å². The number of nitrogens with zero attached hydrogens (tertiary/aromatic N) is 1. The van der Waals surface area contributed by atoms with Crippen molar-refractivity contribution in [2.75, 3.05) is 6.54 Å². The van der Waals surface area contributed by atoms with E-state index < -0.39 is 29.3 Å². The van der Waals surface area contributed by atoms with E-state index >= 15 is 0 Å². The number of benzene rings is 1. The molecule has 0 heterocycles. The first-order chi connectivity index (χ1) is 15.6. The lowest BCUT2D eigenvalue weighted by molar-refractivity contribution is -0.149. The molecule has 1 rings (SSSR count). The van der Waals surface area contributed by atoms with Crippen LogP contribution in [0.25, 0.3) is 0 Å². The second kappa shape index (κ2) is 12.2. The lowest BCUT2D eigenvalue weighted by Gasteiger charge is -2.44. The molecule has 7 heteroatoms. The van der Waals surface area contributed by atoms with Gasteiger partial charge < -0.3 is 20.3 Å². The fourth-order valence-corrected chi connectivity index (χ4v) is 3.77. The molecule has 3 amide bonds. The number of unbranched alkanes of at least 4 members (excludes halogenated alkanes) is 1. The van der Waals surface area contributed by atoms with Gasteiger partial charge in [0.15, 0.2) is 0 Å². The van der Waals surface area contributed by atoms with Crippen LogP contribution in [-0.4, -0.2) is 46.5 Å². The molecule has 0 aliphatic rings. The van der Waals surface area contributed by atoms with Crippen molar-refractivity contribution < 1.29 is 19.1 Å². The highest BCUT2D eigenvalue weighted by Crippen LogP contribution is 2.33. The molecular weight excluding hydrogens is 430 g/mol. The van der Waals surface area contributed by atoms with Crippen molar-refractivity contribution in [3.8, 4) is 0 Å². The summed E-state index contributed by atoms with van der Waals surface area (Å²) in [4.78, 5) is 41.4. The summed E-state index contributed by atoms with van der Waals surface area (Å²) in [5.41, 5.74) is 1.46. The molecule has 0 spiro atoms. The molecule has 1 aromatic carbocycles. The van der Waals surface area contributed by atoms with E-state index in [0.717, 1.165) is 29.5 Å². The summed E-state index contributed by atoms with van der Waals surface area (Å²) in [6, 6.07) is 4.24. The molecule has 0 saturated heterocycles. The van der Waals surface area contributed by atoms with Crippen molar-refractivity contribution in [3.63, 3.8) is 0 Å². The summed E-state index contributed by atoms with van der Waals surface area (Å²) >= 11 is 0. The number of ether oxygens (including phenoxy) is 1. The molecule has 2 N–H and O–H groups in total. The van der Waals surface area contributed by atoms with Gasteiger partial charge >= 0.3 is 6.09 Å². The van der Waals surface area contributed by atoms with Gasteiger partial charge in [0.2, 0.25) is 11.8 Å². The summed E-state index contributed by atoms with van der Waals surface area (Å²) < 4.78 is 5.34. The van der Waals surface area contributed by atoms with Crippen LogP contribution in [-0.2, 0) is 14.3 Å². The highest BCUT2D eigenvalue weighted by molar-refractivity contribution is 5.92. The number of nitrogens with one attached hydrogen (secondary N) is 2. The zero-order chi connectivity index (χ0) is 26.3. The van der Waals surface area contributed by atoms with Crippen LogP contribution < -0.4 is 10.6 Å². The van der Waals surface area contributed by atoms with Gasteiger partial charge in [0.05, 0.1) is 0 Å². The zero-order valence-corrected chi connectivity index (χ0v) is 22.8. The summed E-state index contributed by atoms with van der Waals surface area (Å²) in [5, 5.41) is 5.67. The van der Waals surface area contributed by atoms with Crippen LogP contribution in [0.1, 0.15) is 97.4 Å². The fourth-order valence-electron chi connectivity index (χ4n) is 3.77. The summed E-state index contributed by atoms with van der Waals surface area (Å²) in [5.74, 6) is -0.565. The number of carbonyl (C=O) groups excluding carboxylic acids is 3. The predicted octanol–water partition coefficient (Wildman–Crippen LogP) is 5.19. The average Bonchev–Trinajstić information content (AvgIpc) is 2.68. The Labute approximate surface area is 206 Å². The molecule has 0 radical (unpaired) electrons. The van der Waals surface area contributed by atoms with Gasteiger partial charge in [-0.3, -0.25) is 9.59 Å². The van der Waals surface area contributed by atoms with Crippen molar-refractivity contribution in [1.29, 1.82) is 0 Å². The van der Waals surface area contributed by atoms with Crippen LogP contribution in [0.15, 0.2) is 18.2 Å². The SMILES string of the molecule is CCCCNC(=O)C(c1cc(C)cc(C)c1)N(C(=O)C(C)NC(=O)OC(C)(C)C)C(C)(C)CC. The average molecular weight is 476 g/mol. The summed E-state index contributed by atoms with van der Waals surface area (Å²) in [6.45, 7) is 19.4. The van der Waals surface area contributed by atoms with Gasteiger partial charge in [-0.2, -0.15) is 0 Å². The minimum absolute atomic E-state index is 0.224. The minimum Gasteiger partial charge on any atom is -0.444 e. The molecule has 0 aliphatic heterocycles. The van der Waals surface area contributed by atoms with Crippen molar-refractivity contribution >= 4 is 17.9 Å². The maximum absolute atomic E-state index is 13.8. The van der Waals surface area contributed by atoms with E-state index in [1.165, 1.54) is 0 Å². The fraction of sp³-hybridized carbons (Fsp3) is 0.667. The molecule has 0 aromatic heterocycles. The maximum atomic E-state index is 13.8. The molecule has 1 aromatic rings. The Balaban J connectivity index is 3.48. The van der Waals surface area contributed by atoms with E-state index in [9.17, 15) is 14.4 Å². The van der Waals surface area contributed by atoms with Gasteiger partial charge in [0.25, 0.3) is 0 Å². The first kappa shape index (κ1) is 29.5. The van der Waals surface area contributed by atoms with Crippen molar-refractivity contribution in [2.24, 2.45) is 0 Å². The van der Waals surface area contributed by atoms with Crippen molar-refractivity contribution in [3.05, 3.63) is 34.9 Å². The van der Waals surface area contributed by atoms with Gasteiger partial charge in [0.1, 0.15) is 17.7 Å². The van der Waals surface area contributed by atoms with Crippen LogP contribution in [0.2, 0.25) is 0 Å². The predicted molar refractivity (Wildman–Crippen MR) is 137 cm³/mol. The largest absolute Gasteiger partial charge is 0.444 e. The first-order valence-corrected chi connectivity index (χ1v) is 12.3. The number of hydrogen-bond acceptors (Lipinski definition) is 4. The molecule has 7 nitrogen and oxygen atoms in total. The minimum atomic E-state index is -0.877. The van der Waals surface area contributed by atoms with Crippen molar-refractivity contribution in [1.82, 2.24) is 15.5 Å². The summed E-state index contributed by atoms with van der Waals surface area (Å²) in [7, 11) is 0. The third-order valence-electron chi connectivity index (χ3n) is 5.75. The maximum Gasteiger partial charge on any atom is 0.408 e. The van der Waals surface area contributed by atoms with Crippen molar-refractivity contribution in [2.45, 2.75) is 112 Å². The molecule has 34 heavy (non-hydrogen) atoms. The lowest BCUT2D eigenvalue weighted by Crippen LogP contribution is -2.58. The van der Waals surface area contributed by atoms with E-state index in [1.54, 1.807) is 32.6 Å². The Kier molecular flexibility index (Phi) is 10.6. The van der Waals surface area contributed by atoms with Gasteiger partial charge in [-0.25, -0.2) is 4.79 Å². The zero-order valence-electron chi connectivity index (χ0n) is 22.8. The Morgan fingerprint density at radius 2 is 1.56 bits per heavy atom. The van der Waals surface area contributed by atoms with Crippen LogP contribution in [0.3, 0.4) is 0 Å². The van der Waals surface area contributed by atoms with Gasteiger partial charge in [-0.1, -0.05) is 49.6 Å². The Morgan fingerprint density at radius 1 is 1.00 bits per heavy atom. The Hall–Kier alpha value is -2.57. The van der Waals surface area contributed by atoms with E-state index in [1.807, 2.05) is 52.8 Å². The van der Waals surface area contributed by atoms with Gasteiger partial charge in [-0.15, -0.1) is 0 Å². The number of carbonyl (C=O) groups is 3. The Bertz CT molecular complexity index is 838. The normalized spacial score (nSPS) is 13.6. The highest BCUT2D eigenvalue weighted by Gasteiger charge is 2.42. The summed E-state index contributed by atoms with van der Waals surface area (Å²) in [6.07, 6.45) is 1.76. The Morgan fingerprint density at radius 3 is 2.03 bits per heavy atom. The number of hydrogen-bond donors (Lipinski definition) is 2. The van der Waals surface area contributed by atoms with E-state index in [4.69, 9.17) is 4.74 Å². The second-order valence-corrected chi connectivity index (χ2v) is 10.7. The molecule has 0 aliphatic carbocycles. The van der Waals surface area contributed by atoms with Crippen LogP contribution in [0.4, 0.5) is 4.79 Å². The van der Waals surface area contributed by atoms with Gasteiger partial charge in [-0.05, 0) is 73.8 Å². The van der Waals surface area contributed by atoms with E-state index in [-0.39, 0.29) is 11.8 Å². The number of rotatable bonds is 10. The quantitative estimate of drug-likeness (QED) is 0.456. The standard InChI is InChI=1S/C27H45N3O4/c1-11-13-14-28-23(31)22(21-16-18(3)15-19(4)17-21)30(27(9,10)12-2)24(32)20(5)29-25(33)34-26(6,7)8/h15-17,20,22H,11-14H2,1-10H3,(H,28,31)(H,29,33). The topological polar surface area (TPSA) is 87.7 Å². The third kappa shape index (κ3) is 8.65. The number of alkyl carbamates (subject to hydrolysis) is 1. The smallest absolute Gasteiger partial charge is 0.408 e. The van der Waals surface area contributed by atoms with Gasteiger partial charge in [0, 0.05) is 12.1 Å². The third-order valence-corrected chi connectivity index (χ3v) is 5.75. The molecule has 2 atom stereocenters. The molecule has 0 bridgehead atoms.